The number of ether oxygens (including phenoxy) is 3. The number of benzene rings is 1. The van der Waals surface area contributed by atoms with Gasteiger partial charge in [-0.15, -0.1) is 0 Å². The first-order valence-electron chi connectivity index (χ1n) is 11.3. The van der Waals surface area contributed by atoms with E-state index in [-0.39, 0.29) is 12.2 Å². The second-order valence-electron chi connectivity index (χ2n) is 9.48. The maximum Gasteiger partial charge on any atom is 0.514 e. The Kier molecular flexibility index (Phi) is 6.22. The number of carbonyl (C=O) groups excluding carboxylic acids is 1. The number of aryl methyl sites for hydroxylation is 1. The van der Waals surface area contributed by atoms with Crippen molar-refractivity contribution in [3.8, 4) is 17.1 Å². The standard InChI is InChI=1S/C26H30N2O6/c1-7-16-18-10-15(33-25(31)34-26(3,4)5)8-9-21(18)27-23-19(16)12-28-22(23)11-17(14(2)29)20(13-32-6)24(28)30/h8-11,14,29H,7,12-13H2,1-6H3/t14-/m1/s1. The van der Waals surface area contributed by atoms with E-state index < -0.39 is 17.9 Å². The van der Waals surface area contributed by atoms with Crippen LogP contribution in [0.2, 0.25) is 0 Å². The average molecular weight is 467 g/mol. The van der Waals surface area contributed by atoms with Crippen LogP contribution in [0.3, 0.4) is 0 Å². The number of pyridine rings is 2. The predicted octanol–water partition coefficient (Wildman–Crippen LogP) is 4.50. The summed E-state index contributed by atoms with van der Waals surface area (Å²) in [7, 11) is 1.53. The highest BCUT2D eigenvalue weighted by Crippen LogP contribution is 2.38. The lowest BCUT2D eigenvalue weighted by Gasteiger charge is -2.19. The molecule has 1 N–H and O–H groups in total. The lowest BCUT2D eigenvalue weighted by Crippen LogP contribution is -2.26. The van der Waals surface area contributed by atoms with Crippen LogP contribution in [0.15, 0.2) is 29.1 Å². The fraction of sp³-hybridized carbons (Fsp3) is 0.423. The molecule has 180 valence electrons. The normalized spacial score (nSPS) is 13.5. The van der Waals surface area contributed by atoms with Gasteiger partial charge in [0.05, 0.1) is 36.2 Å². The van der Waals surface area contributed by atoms with Gasteiger partial charge in [0.1, 0.15) is 11.4 Å². The van der Waals surface area contributed by atoms with Crippen LogP contribution in [-0.2, 0) is 29.0 Å². The van der Waals surface area contributed by atoms with E-state index >= 15 is 0 Å². The predicted molar refractivity (Wildman–Crippen MR) is 128 cm³/mol. The minimum atomic E-state index is -0.813. The maximum atomic E-state index is 13.3. The fourth-order valence-electron chi connectivity index (χ4n) is 4.45. The van der Waals surface area contributed by atoms with Crippen LogP contribution in [0.1, 0.15) is 63.0 Å². The van der Waals surface area contributed by atoms with Crippen molar-refractivity contribution in [2.45, 2.75) is 65.9 Å². The molecule has 0 radical (unpaired) electrons. The molecular formula is C26H30N2O6. The van der Waals surface area contributed by atoms with E-state index in [4.69, 9.17) is 19.2 Å². The largest absolute Gasteiger partial charge is 0.514 e. The van der Waals surface area contributed by atoms with Gasteiger partial charge in [-0.05, 0) is 69.5 Å². The zero-order valence-corrected chi connectivity index (χ0v) is 20.4. The summed E-state index contributed by atoms with van der Waals surface area (Å²) >= 11 is 0. The van der Waals surface area contributed by atoms with Gasteiger partial charge in [-0.2, -0.15) is 0 Å². The molecule has 0 aliphatic carbocycles. The first-order valence-corrected chi connectivity index (χ1v) is 11.3. The van der Waals surface area contributed by atoms with Gasteiger partial charge in [-0.25, -0.2) is 9.78 Å². The van der Waals surface area contributed by atoms with Crippen molar-refractivity contribution in [3.05, 3.63) is 56.9 Å². The summed E-state index contributed by atoms with van der Waals surface area (Å²) in [6.07, 6.45) is -0.880. The molecule has 0 bridgehead atoms. The number of fused-ring (bicyclic) bond motifs is 4. The van der Waals surface area contributed by atoms with Crippen LogP contribution in [0.4, 0.5) is 4.79 Å². The summed E-state index contributed by atoms with van der Waals surface area (Å²) in [5.74, 6) is 0.365. The Labute approximate surface area is 198 Å². The first kappa shape index (κ1) is 23.9. The van der Waals surface area contributed by atoms with Crippen LogP contribution in [-0.4, -0.2) is 33.5 Å². The third-order valence-corrected chi connectivity index (χ3v) is 5.85. The van der Waals surface area contributed by atoms with Crippen molar-refractivity contribution >= 4 is 17.1 Å². The highest BCUT2D eigenvalue weighted by Gasteiger charge is 2.29. The smallest absolute Gasteiger partial charge is 0.428 e. The molecule has 1 aliphatic rings. The molecule has 0 fully saturated rings. The van der Waals surface area contributed by atoms with Gasteiger partial charge in [-0.3, -0.25) is 4.79 Å². The number of aromatic nitrogens is 2. The van der Waals surface area contributed by atoms with Crippen LogP contribution >= 0.6 is 0 Å². The zero-order chi connectivity index (χ0) is 24.8. The van der Waals surface area contributed by atoms with Crippen LogP contribution in [0, 0.1) is 0 Å². The lowest BCUT2D eigenvalue weighted by molar-refractivity contribution is 0.0206. The Morgan fingerprint density at radius 3 is 2.59 bits per heavy atom. The van der Waals surface area contributed by atoms with Gasteiger partial charge in [0.2, 0.25) is 0 Å². The summed E-state index contributed by atoms with van der Waals surface area (Å²) in [6.45, 7) is 9.51. The van der Waals surface area contributed by atoms with E-state index in [0.29, 0.717) is 35.5 Å². The minimum Gasteiger partial charge on any atom is -0.428 e. The number of methoxy groups -OCH3 is 1. The van der Waals surface area contributed by atoms with Crippen molar-refractivity contribution in [2.24, 2.45) is 0 Å². The summed E-state index contributed by atoms with van der Waals surface area (Å²) < 4.78 is 17.6. The Balaban J connectivity index is 1.83. The van der Waals surface area contributed by atoms with E-state index in [1.807, 2.05) is 13.0 Å². The van der Waals surface area contributed by atoms with Crippen molar-refractivity contribution in [2.75, 3.05) is 7.11 Å². The molecular weight excluding hydrogens is 436 g/mol. The summed E-state index contributed by atoms with van der Waals surface area (Å²) in [6, 6.07) is 7.10. The summed E-state index contributed by atoms with van der Waals surface area (Å²) in [4.78, 5) is 30.3. The average Bonchev–Trinajstić information content (AvgIpc) is 3.11. The summed E-state index contributed by atoms with van der Waals surface area (Å²) in [5.41, 5.74) is 4.28. The van der Waals surface area contributed by atoms with Gasteiger partial charge in [0.25, 0.3) is 5.56 Å². The van der Waals surface area contributed by atoms with Gasteiger partial charge >= 0.3 is 6.16 Å². The first-order chi connectivity index (χ1) is 16.0. The minimum absolute atomic E-state index is 0.122. The zero-order valence-electron chi connectivity index (χ0n) is 20.4. The van der Waals surface area contributed by atoms with E-state index in [1.165, 1.54) is 7.11 Å². The monoisotopic (exact) mass is 466 g/mol. The number of carbonyl (C=O) groups is 1. The Morgan fingerprint density at radius 2 is 1.97 bits per heavy atom. The molecule has 0 saturated carbocycles. The fourth-order valence-corrected chi connectivity index (χ4v) is 4.45. The van der Waals surface area contributed by atoms with Crippen LogP contribution in [0.25, 0.3) is 22.3 Å². The number of nitrogens with zero attached hydrogens (tertiary/aromatic N) is 2. The third kappa shape index (κ3) is 4.31. The molecule has 0 unspecified atom stereocenters. The second-order valence-corrected chi connectivity index (χ2v) is 9.48. The molecule has 0 spiro atoms. The van der Waals surface area contributed by atoms with Gasteiger partial charge < -0.3 is 23.9 Å². The second kappa shape index (κ2) is 8.85. The Hall–Kier alpha value is -3.23. The third-order valence-electron chi connectivity index (χ3n) is 5.85. The molecule has 3 heterocycles. The van der Waals surface area contributed by atoms with Crippen molar-refractivity contribution in [1.29, 1.82) is 0 Å². The summed E-state index contributed by atoms with van der Waals surface area (Å²) in [5, 5.41) is 11.2. The Bertz CT molecular complexity index is 1330. The molecule has 34 heavy (non-hydrogen) atoms. The number of hydrogen-bond donors (Lipinski definition) is 1. The topological polar surface area (TPSA) is 99.9 Å². The molecule has 8 nitrogen and oxygen atoms in total. The molecule has 0 saturated heterocycles. The molecule has 1 aromatic carbocycles. The molecule has 1 atom stereocenters. The number of aliphatic hydroxyl groups excluding tert-OH is 1. The highest BCUT2D eigenvalue weighted by molar-refractivity contribution is 5.89. The number of aliphatic hydroxyl groups is 1. The van der Waals surface area contributed by atoms with Crippen LogP contribution < -0.4 is 10.3 Å². The van der Waals surface area contributed by atoms with Gasteiger partial charge in [-0.1, -0.05) is 6.92 Å². The van der Waals surface area contributed by atoms with Gasteiger partial charge in [0, 0.05) is 23.6 Å². The quantitative estimate of drug-likeness (QED) is 0.341. The molecule has 1 aliphatic heterocycles. The van der Waals surface area contributed by atoms with E-state index in [0.717, 1.165) is 27.7 Å². The Morgan fingerprint density at radius 1 is 1.24 bits per heavy atom. The van der Waals surface area contributed by atoms with E-state index in [9.17, 15) is 14.7 Å². The SMILES string of the molecule is CCc1c2c(nc3ccc(OC(=O)OC(C)(C)C)cc13)-c1cc([C@@H](C)O)c(COC)c(=O)n1C2. The lowest BCUT2D eigenvalue weighted by atomic mass is 9.98. The van der Waals surface area contributed by atoms with E-state index in [1.54, 1.807) is 50.5 Å². The molecule has 0 amide bonds. The molecule has 4 rings (SSSR count). The maximum absolute atomic E-state index is 13.3. The van der Waals surface area contributed by atoms with Crippen molar-refractivity contribution < 1.29 is 24.1 Å². The van der Waals surface area contributed by atoms with E-state index in [2.05, 4.69) is 0 Å². The number of rotatable bonds is 5. The molecule has 2 aromatic heterocycles. The number of hydrogen-bond acceptors (Lipinski definition) is 7. The highest BCUT2D eigenvalue weighted by atomic mass is 16.7. The van der Waals surface area contributed by atoms with Gasteiger partial charge in [0.15, 0.2) is 0 Å². The van der Waals surface area contributed by atoms with Crippen molar-refractivity contribution in [1.82, 2.24) is 9.55 Å². The molecule has 8 heteroatoms. The van der Waals surface area contributed by atoms with Crippen LogP contribution in [0.5, 0.6) is 5.75 Å². The van der Waals surface area contributed by atoms with Crippen molar-refractivity contribution in [3.63, 3.8) is 0 Å². The molecule has 3 aromatic rings.